The van der Waals surface area contributed by atoms with Crippen molar-refractivity contribution in [3.8, 4) is 0 Å². The van der Waals surface area contributed by atoms with Gasteiger partial charge in [0.25, 0.3) is 0 Å². The molecule has 0 bridgehead atoms. The van der Waals surface area contributed by atoms with Crippen LogP contribution < -0.4 is 9.80 Å². The van der Waals surface area contributed by atoms with Crippen molar-refractivity contribution in [2.24, 2.45) is 0 Å². The van der Waals surface area contributed by atoms with Crippen molar-refractivity contribution in [1.29, 1.82) is 0 Å². The van der Waals surface area contributed by atoms with Crippen molar-refractivity contribution in [1.82, 2.24) is 0 Å². The van der Waals surface area contributed by atoms with Crippen LogP contribution in [0.25, 0.3) is 0 Å². The number of aryl methyl sites for hydroxylation is 2. The highest BCUT2D eigenvalue weighted by molar-refractivity contribution is 5.78. The first-order valence-electron chi connectivity index (χ1n) is 11.4. The van der Waals surface area contributed by atoms with E-state index in [2.05, 4.69) is 128 Å². The molecular formula is C31H34N2. The normalized spacial score (nSPS) is 10.5. The molecule has 0 N–H and O–H groups in total. The van der Waals surface area contributed by atoms with Gasteiger partial charge in [-0.3, -0.25) is 0 Å². The van der Waals surface area contributed by atoms with E-state index in [0.29, 0.717) is 0 Å². The Hall–Kier alpha value is -3.78. The van der Waals surface area contributed by atoms with Crippen LogP contribution in [0.5, 0.6) is 0 Å². The molecule has 0 aliphatic carbocycles. The summed E-state index contributed by atoms with van der Waals surface area (Å²) in [5.74, 6) is 0. The van der Waals surface area contributed by atoms with E-state index in [1.54, 1.807) is 0 Å². The SMILES string of the molecule is C/C=C\C.Cc1ccc(N(c2ccc(C)cc2)c2ccc(N(C)c3ccccc3)cc2)cc1. The van der Waals surface area contributed by atoms with E-state index in [-0.39, 0.29) is 0 Å². The maximum absolute atomic E-state index is 2.30. The predicted octanol–water partition coefficient (Wildman–Crippen LogP) is 9.12. The molecule has 0 saturated carbocycles. The van der Waals surface area contributed by atoms with Crippen LogP contribution in [0.15, 0.2) is 115 Å². The summed E-state index contributed by atoms with van der Waals surface area (Å²) in [5, 5.41) is 0. The topological polar surface area (TPSA) is 6.48 Å². The van der Waals surface area contributed by atoms with Gasteiger partial charge in [0.05, 0.1) is 0 Å². The molecule has 4 aromatic rings. The Balaban J connectivity index is 0.000000709. The van der Waals surface area contributed by atoms with E-state index in [4.69, 9.17) is 0 Å². The molecule has 0 saturated heterocycles. The molecule has 0 heterocycles. The molecule has 0 unspecified atom stereocenters. The lowest BCUT2D eigenvalue weighted by Gasteiger charge is -2.27. The fourth-order valence-electron chi connectivity index (χ4n) is 3.46. The van der Waals surface area contributed by atoms with Gasteiger partial charge in [-0.15, -0.1) is 0 Å². The fraction of sp³-hybridized carbons (Fsp3) is 0.161. The quantitative estimate of drug-likeness (QED) is 0.289. The summed E-state index contributed by atoms with van der Waals surface area (Å²) in [4.78, 5) is 4.50. The Kier molecular flexibility index (Phi) is 8.49. The molecule has 2 nitrogen and oxygen atoms in total. The minimum Gasteiger partial charge on any atom is -0.345 e. The molecular weight excluding hydrogens is 400 g/mol. The van der Waals surface area contributed by atoms with Crippen LogP contribution in [0.2, 0.25) is 0 Å². The molecule has 0 fully saturated rings. The number of hydrogen-bond donors (Lipinski definition) is 0. The summed E-state index contributed by atoms with van der Waals surface area (Å²) in [5.41, 5.74) is 8.31. The van der Waals surface area contributed by atoms with Crippen LogP contribution in [-0.4, -0.2) is 7.05 Å². The molecule has 168 valence electrons. The second-order valence-electron chi connectivity index (χ2n) is 8.08. The van der Waals surface area contributed by atoms with E-state index in [1.807, 2.05) is 32.1 Å². The maximum Gasteiger partial charge on any atom is 0.0463 e. The highest BCUT2D eigenvalue weighted by atomic mass is 15.1. The van der Waals surface area contributed by atoms with Gasteiger partial charge >= 0.3 is 0 Å². The Labute approximate surface area is 199 Å². The van der Waals surface area contributed by atoms with Gasteiger partial charge in [0.2, 0.25) is 0 Å². The molecule has 0 aliphatic rings. The molecule has 33 heavy (non-hydrogen) atoms. The van der Waals surface area contributed by atoms with Gasteiger partial charge in [0.1, 0.15) is 0 Å². The molecule has 0 atom stereocenters. The lowest BCUT2D eigenvalue weighted by Crippen LogP contribution is -2.11. The number of allylic oxidation sites excluding steroid dienone is 2. The largest absolute Gasteiger partial charge is 0.345 e. The van der Waals surface area contributed by atoms with Crippen molar-refractivity contribution in [3.05, 3.63) is 126 Å². The molecule has 4 aromatic carbocycles. The van der Waals surface area contributed by atoms with Crippen molar-refractivity contribution >= 4 is 28.4 Å². The van der Waals surface area contributed by atoms with E-state index in [9.17, 15) is 0 Å². The minimum atomic E-state index is 1.14. The number of para-hydroxylation sites is 1. The van der Waals surface area contributed by atoms with Crippen LogP contribution in [0.4, 0.5) is 28.4 Å². The van der Waals surface area contributed by atoms with Crippen molar-refractivity contribution < 1.29 is 0 Å². The number of benzene rings is 4. The zero-order chi connectivity index (χ0) is 23.6. The first-order chi connectivity index (χ1) is 16.0. The minimum absolute atomic E-state index is 1.14. The summed E-state index contributed by atoms with van der Waals surface area (Å²) < 4.78 is 0. The fourth-order valence-corrected chi connectivity index (χ4v) is 3.46. The Morgan fingerprint density at radius 1 is 0.455 bits per heavy atom. The van der Waals surface area contributed by atoms with E-state index < -0.39 is 0 Å². The number of anilines is 5. The molecule has 4 rings (SSSR count). The van der Waals surface area contributed by atoms with E-state index in [0.717, 1.165) is 22.7 Å². The average Bonchev–Trinajstić information content (AvgIpc) is 2.87. The lowest BCUT2D eigenvalue weighted by atomic mass is 10.1. The van der Waals surface area contributed by atoms with Gasteiger partial charge in [0, 0.05) is 35.5 Å². The van der Waals surface area contributed by atoms with Gasteiger partial charge in [-0.1, -0.05) is 65.7 Å². The zero-order valence-electron chi connectivity index (χ0n) is 20.4. The maximum atomic E-state index is 2.30. The third-order valence-electron chi connectivity index (χ3n) is 5.56. The Morgan fingerprint density at radius 3 is 1.18 bits per heavy atom. The highest BCUT2D eigenvalue weighted by Gasteiger charge is 2.13. The summed E-state index contributed by atoms with van der Waals surface area (Å²) in [6.07, 6.45) is 4.00. The van der Waals surface area contributed by atoms with Gasteiger partial charge in [0.15, 0.2) is 0 Å². The molecule has 0 aromatic heterocycles. The van der Waals surface area contributed by atoms with E-state index >= 15 is 0 Å². The summed E-state index contributed by atoms with van der Waals surface area (Å²) in [6, 6.07) is 36.5. The van der Waals surface area contributed by atoms with Crippen LogP contribution in [0, 0.1) is 13.8 Å². The van der Waals surface area contributed by atoms with Crippen LogP contribution in [-0.2, 0) is 0 Å². The Bertz CT molecular complexity index is 1080. The molecule has 2 heteroatoms. The third-order valence-corrected chi connectivity index (χ3v) is 5.56. The van der Waals surface area contributed by atoms with Crippen molar-refractivity contribution in [3.63, 3.8) is 0 Å². The highest BCUT2D eigenvalue weighted by Crippen LogP contribution is 2.36. The number of hydrogen-bond acceptors (Lipinski definition) is 2. The summed E-state index contributed by atoms with van der Waals surface area (Å²) in [7, 11) is 2.10. The van der Waals surface area contributed by atoms with Crippen LogP contribution >= 0.6 is 0 Å². The molecule has 0 amide bonds. The van der Waals surface area contributed by atoms with Crippen LogP contribution in [0.3, 0.4) is 0 Å². The molecule has 0 aliphatic heterocycles. The molecule has 0 radical (unpaired) electrons. The van der Waals surface area contributed by atoms with Gasteiger partial charge < -0.3 is 9.80 Å². The van der Waals surface area contributed by atoms with Gasteiger partial charge in [-0.2, -0.15) is 0 Å². The van der Waals surface area contributed by atoms with Crippen molar-refractivity contribution in [2.75, 3.05) is 16.8 Å². The zero-order valence-corrected chi connectivity index (χ0v) is 20.4. The second-order valence-corrected chi connectivity index (χ2v) is 8.08. The smallest absolute Gasteiger partial charge is 0.0463 e. The first-order valence-corrected chi connectivity index (χ1v) is 11.4. The summed E-state index contributed by atoms with van der Waals surface area (Å²) in [6.45, 7) is 8.24. The standard InChI is InChI=1S/C27H26N2.C4H8/c1-21-9-13-25(14-10-21)29(26-15-11-22(2)12-16-26)27-19-17-24(18-20-27)28(3)23-7-5-4-6-8-23;1-3-4-2/h4-20H,1-3H3;3-4H,1-2H3/b;4-3-. The van der Waals surface area contributed by atoms with E-state index in [1.165, 1.54) is 16.8 Å². The second kappa shape index (κ2) is 11.7. The van der Waals surface area contributed by atoms with Crippen molar-refractivity contribution in [2.45, 2.75) is 27.7 Å². The average molecular weight is 435 g/mol. The first kappa shape index (κ1) is 23.9. The summed E-state index contributed by atoms with van der Waals surface area (Å²) >= 11 is 0. The van der Waals surface area contributed by atoms with Crippen LogP contribution in [0.1, 0.15) is 25.0 Å². The van der Waals surface area contributed by atoms with Gasteiger partial charge in [-0.05, 0) is 88.4 Å². The monoisotopic (exact) mass is 434 g/mol. The van der Waals surface area contributed by atoms with Gasteiger partial charge in [-0.25, -0.2) is 0 Å². The Morgan fingerprint density at radius 2 is 0.788 bits per heavy atom. The predicted molar refractivity (Wildman–Crippen MR) is 146 cm³/mol. The lowest BCUT2D eigenvalue weighted by molar-refractivity contribution is 1.20. The molecule has 0 spiro atoms. The number of nitrogens with zero attached hydrogens (tertiary/aromatic N) is 2. The third kappa shape index (κ3) is 6.36. The number of rotatable bonds is 5.